The molecule has 1 aromatic carbocycles. The number of unbranched alkanes of at least 4 members (excludes halogenated alkanes) is 1. The first-order valence-corrected chi connectivity index (χ1v) is 5.99. The molecule has 0 bridgehead atoms. The van der Waals surface area contributed by atoms with Gasteiger partial charge in [0.15, 0.2) is 0 Å². The third-order valence-corrected chi connectivity index (χ3v) is 3.45. The Hall–Kier alpha value is -1.26. The lowest BCUT2D eigenvalue weighted by Gasteiger charge is -2.16. The van der Waals surface area contributed by atoms with Gasteiger partial charge in [0.25, 0.3) is 0 Å². The summed E-state index contributed by atoms with van der Waals surface area (Å²) in [5.41, 5.74) is 2.81. The van der Waals surface area contributed by atoms with Crippen LogP contribution in [0.3, 0.4) is 0 Å². The van der Waals surface area contributed by atoms with Gasteiger partial charge in [0.05, 0.1) is 6.10 Å². The molecule has 1 N–H and O–H groups in total. The average Bonchev–Trinajstić information content (AvgIpc) is 2.73. The summed E-state index contributed by atoms with van der Waals surface area (Å²) in [4.78, 5) is 0. The van der Waals surface area contributed by atoms with E-state index in [-0.39, 0.29) is 6.10 Å². The van der Waals surface area contributed by atoms with Gasteiger partial charge in [0, 0.05) is 6.42 Å². The molecule has 1 unspecified atom stereocenters. The second kappa shape index (κ2) is 5.18. The van der Waals surface area contributed by atoms with Gasteiger partial charge >= 0.3 is 0 Å². The van der Waals surface area contributed by atoms with E-state index in [4.69, 9.17) is 6.42 Å². The molecule has 16 heavy (non-hydrogen) atoms. The Morgan fingerprint density at radius 2 is 1.94 bits per heavy atom. The summed E-state index contributed by atoms with van der Waals surface area (Å²) in [6.07, 6.45) is 9.60. The Kier molecular flexibility index (Phi) is 3.64. The Morgan fingerprint density at radius 1 is 1.31 bits per heavy atom. The number of benzene rings is 1. The van der Waals surface area contributed by atoms with Crippen molar-refractivity contribution in [3.05, 3.63) is 35.4 Å². The van der Waals surface area contributed by atoms with Crippen LogP contribution in [0.25, 0.3) is 0 Å². The molecule has 1 heteroatoms. The molecule has 2 rings (SSSR count). The fourth-order valence-electron chi connectivity index (χ4n) is 2.51. The molecule has 84 valence electrons. The van der Waals surface area contributed by atoms with E-state index < -0.39 is 0 Å². The highest BCUT2D eigenvalue weighted by Crippen LogP contribution is 2.30. The topological polar surface area (TPSA) is 20.2 Å². The number of terminal acetylenes is 1. The summed E-state index contributed by atoms with van der Waals surface area (Å²) in [5.74, 6) is 3.02. The highest BCUT2D eigenvalue weighted by molar-refractivity contribution is 5.32. The van der Waals surface area contributed by atoms with Crippen molar-refractivity contribution < 1.29 is 5.11 Å². The van der Waals surface area contributed by atoms with Crippen molar-refractivity contribution >= 4 is 0 Å². The average molecular weight is 214 g/mol. The van der Waals surface area contributed by atoms with Gasteiger partial charge in [-0.15, -0.1) is 12.3 Å². The molecule has 1 aliphatic carbocycles. The van der Waals surface area contributed by atoms with Gasteiger partial charge in [-0.1, -0.05) is 24.3 Å². The number of aliphatic hydroxyl groups is 1. The fourth-order valence-corrected chi connectivity index (χ4v) is 2.51. The monoisotopic (exact) mass is 214 g/mol. The van der Waals surface area contributed by atoms with Crippen LogP contribution < -0.4 is 0 Å². The Balaban J connectivity index is 1.88. The van der Waals surface area contributed by atoms with Crippen LogP contribution in [0.1, 0.15) is 30.4 Å². The molecule has 0 saturated carbocycles. The molecule has 1 atom stereocenters. The number of rotatable bonds is 4. The Labute approximate surface area is 97.5 Å². The molecule has 0 radical (unpaired) electrons. The van der Waals surface area contributed by atoms with Gasteiger partial charge in [-0.2, -0.15) is 0 Å². The summed E-state index contributed by atoms with van der Waals surface area (Å²) in [7, 11) is 0. The zero-order valence-corrected chi connectivity index (χ0v) is 9.52. The second-order valence-electron chi connectivity index (χ2n) is 4.60. The van der Waals surface area contributed by atoms with Crippen molar-refractivity contribution in [3.63, 3.8) is 0 Å². The third kappa shape index (κ3) is 2.46. The zero-order valence-electron chi connectivity index (χ0n) is 9.52. The lowest BCUT2D eigenvalue weighted by Crippen LogP contribution is -2.20. The van der Waals surface area contributed by atoms with Crippen LogP contribution in [-0.2, 0) is 12.8 Å². The fraction of sp³-hybridized carbons (Fsp3) is 0.467. The minimum absolute atomic E-state index is 0.194. The van der Waals surface area contributed by atoms with Crippen molar-refractivity contribution in [2.24, 2.45) is 5.92 Å². The quantitative estimate of drug-likeness (QED) is 0.603. The van der Waals surface area contributed by atoms with E-state index in [1.54, 1.807) is 0 Å². The van der Waals surface area contributed by atoms with E-state index in [1.807, 2.05) is 0 Å². The lowest BCUT2D eigenvalue weighted by molar-refractivity contribution is 0.102. The van der Waals surface area contributed by atoms with Crippen LogP contribution in [0, 0.1) is 18.3 Å². The molecule has 0 aliphatic heterocycles. The third-order valence-electron chi connectivity index (χ3n) is 3.45. The van der Waals surface area contributed by atoms with E-state index in [0.29, 0.717) is 5.92 Å². The van der Waals surface area contributed by atoms with Gasteiger partial charge in [-0.25, -0.2) is 0 Å². The first-order valence-electron chi connectivity index (χ1n) is 5.99. The maximum absolute atomic E-state index is 10.1. The van der Waals surface area contributed by atoms with Gasteiger partial charge in [-0.05, 0) is 42.7 Å². The standard InChI is InChI=1S/C15H18O/c1-2-3-4-9-15(16)14-10-12-7-5-6-8-13(12)11-14/h1,5-8,14-16H,3-4,9-11H2. The van der Waals surface area contributed by atoms with Gasteiger partial charge in [0.2, 0.25) is 0 Å². The van der Waals surface area contributed by atoms with E-state index in [2.05, 4.69) is 30.2 Å². The molecular formula is C15H18O. The highest BCUT2D eigenvalue weighted by Gasteiger charge is 2.26. The SMILES string of the molecule is C#CCCCC(O)C1Cc2ccccc2C1. The maximum Gasteiger partial charge on any atom is 0.0575 e. The van der Waals surface area contributed by atoms with Crippen LogP contribution in [0.15, 0.2) is 24.3 Å². The van der Waals surface area contributed by atoms with Gasteiger partial charge in [-0.3, -0.25) is 0 Å². The van der Waals surface area contributed by atoms with E-state index >= 15 is 0 Å². The predicted octanol–water partition coefficient (Wildman–Crippen LogP) is 2.57. The summed E-state index contributed by atoms with van der Waals surface area (Å²) in [6.45, 7) is 0. The van der Waals surface area contributed by atoms with Crippen LogP contribution in [0.5, 0.6) is 0 Å². The molecule has 0 aromatic heterocycles. The smallest absolute Gasteiger partial charge is 0.0575 e. The number of aliphatic hydroxyl groups excluding tert-OH is 1. The summed E-state index contributed by atoms with van der Waals surface area (Å²) in [5, 5.41) is 10.1. The van der Waals surface area contributed by atoms with Crippen LogP contribution in [0.4, 0.5) is 0 Å². The first-order chi connectivity index (χ1) is 7.81. The van der Waals surface area contributed by atoms with Crippen molar-refractivity contribution in [2.45, 2.75) is 38.2 Å². The van der Waals surface area contributed by atoms with Crippen LogP contribution in [-0.4, -0.2) is 11.2 Å². The van der Waals surface area contributed by atoms with Crippen molar-refractivity contribution in [1.82, 2.24) is 0 Å². The largest absolute Gasteiger partial charge is 0.393 e. The molecular weight excluding hydrogens is 196 g/mol. The van der Waals surface area contributed by atoms with E-state index in [1.165, 1.54) is 11.1 Å². The normalized spacial score (nSPS) is 16.8. The number of fused-ring (bicyclic) bond motifs is 1. The minimum Gasteiger partial charge on any atom is -0.393 e. The van der Waals surface area contributed by atoms with Crippen LogP contribution >= 0.6 is 0 Å². The van der Waals surface area contributed by atoms with Gasteiger partial charge in [0.1, 0.15) is 0 Å². The highest BCUT2D eigenvalue weighted by atomic mass is 16.3. The van der Waals surface area contributed by atoms with Crippen molar-refractivity contribution in [1.29, 1.82) is 0 Å². The molecule has 0 fully saturated rings. The number of hydrogen-bond donors (Lipinski definition) is 1. The molecule has 0 spiro atoms. The van der Waals surface area contributed by atoms with Crippen molar-refractivity contribution in [2.75, 3.05) is 0 Å². The van der Waals surface area contributed by atoms with E-state index in [0.717, 1.165) is 32.1 Å². The molecule has 0 heterocycles. The summed E-state index contributed by atoms with van der Waals surface area (Å²) in [6, 6.07) is 8.49. The molecule has 0 amide bonds. The molecule has 1 nitrogen and oxygen atoms in total. The Bertz CT molecular complexity index is 364. The summed E-state index contributed by atoms with van der Waals surface area (Å²) >= 11 is 0. The lowest BCUT2D eigenvalue weighted by atomic mass is 9.95. The van der Waals surface area contributed by atoms with E-state index in [9.17, 15) is 5.11 Å². The second-order valence-corrected chi connectivity index (χ2v) is 4.60. The maximum atomic E-state index is 10.1. The van der Waals surface area contributed by atoms with Crippen molar-refractivity contribution in [3.8, 4) is 12.3 Å². The first kappa shape index (κ1) is 11.2. The minimum atomic E-state index is -0.194. The summed E-state index contributed by atoms with van der Waals surface area (Å²) < 4.78 is 0. The molecule has 1 aromatic rings. The van der Waals surface area contributed by atoms with Crippen LogP contribution in [0.2, 0.25) is 0 Å². The molecule has 1 aliphatic rings. The number of hydrogen-bond acceptors (Lipinski definition) is 1. The Morgan fingerprint density at radius 3 is 2.50 bits per heavy atom. The van der Waals surface area contributed by atoms with Gasteiger partial charge < -0.3 is 5.11 Å². The predicted molar refractivity (Wildman–Crippen MR) is 66.0 cm³/mol. The zero-order chi connectivity index (χ0) is 11.4. The molecule has 0 saturated heterocycles.